The van der Waals surface area contributed by atoms with E-state index in [1.165, 1.54) is 6.07 Å². The molecular weight excluding hydrogens is 251 g/mol. The zero-order valence-electron chi connectivity index (χ0n) is 8.96. The molecule has 16 heavy (non-hydrogen) atoms. The van der Waals surface area contributed by atoms with Gasteiger partial charge in [0.15, 0.2) is 0 Å². The van der Waals surface area contributed by atoms with E-state index in [1.54, 1.807) is 6.07 Å². The van der Waals surface area contributed by atoms with Crippen LogP contribution in [0.25, 0.3) is 0 Å². The minimum Gasteiger partial charge on any atom is -0.489 e. The van der Waals surface area contributed by atoms with E-state index >= 15 is 0 Å². The molecule has 0 spiro atoms. The molecule has 88 valence electrons. The van der Waals surface area contributed by atoms with E-state index in [9.17, 15) is 4.79 Å². The SMILES string of the molecule is CC(C)Oc1c(Cl)cc(Cl)cc1CC(=O)O. The Morgan fingerprint density at radius 1 is 1.44 bits per heavy atom. The normalized spacial score (nSPS) is 10.6. The summed E-state index contributed by atoms with van der Waals surface area (Å²) in [6, 6.07) is 3.09. The summed E-state index contributed by atoms with van der Waals surface area (Å²) in [5, 5.41) is 9.50. The zero-order valence-corrected chi connectivity index (χ0v) is 10.5. The maximum Gasteiger partial charge on any atom is 0.307 e. The van der Waals surface area contributed by atoms with Crippen molar-refractivity contribution in [3.05, 3.63) is 27.7 Å². The Morgan fingerprint density at radius 2 is 2.06 bits per heavy atom. The Kier molecular flexibility index (Phi) is 4.44. The summed E-state index contributed by atoms with van der Waals surface area (Å²) in [6.45, 7) is 3.69. The van der Waals surface area contributed by atoms with Gasteiger partial charge in [0.2, 0.25) is 0 Å². The van der Waals surface area contributed by atoms with Crippen LogP contribution >= 0.6 is 23.2 Å². The Balaban J connectivity index is 3.15. The van der Waals surface area contributed by atoms with E-state index in [2.05, 4.69) is 0 Å². The van der Waals surface area contributed by atoms with Gasteiger partial charge in [-0.1, -0.05) is 23.2 Å². The summed E-state index contributed by atoms with van der Waals surface area (Å²) >= 11 is 11.8. The molecule has 3 nitrogen and oxygen atoms in total. The van der Waals surface area contributed by atoms with Crippen LogP contribution in [0.4, 0.5) is 0 Å². The van der Waals surface area contributed by atoms with Crippen molar-refractivity contribution in [1.82, 2.24) is 0 Å². The van der Waals surface area contributed by atoms with Gasteiger partial charge in [0, 0.05) is 10.6 Å². The molecule has 0 aliphatic rings. The molecule has 1 aromatic carbocycles. The Hall–Kier alpha value is -0.930. The lowest BCUT2D eigenvalue weighted by molar-refractivity contribution is -0.136. The summed E-state index contributed by atoms with van der Waals surface area (Å²) in [6.07, 6.45) is -0.242. The van der Waals surface area contributed by atoms with Crippen LogP contribution in [0.1, 0.15) is 19.4 Å². The number of carbonyl (C=O) groups is 1. The fourth-order valence-electron chi connectivity index (χ4n) is 1.28. The standard InChI is InChI=1S/C11H12Cl2O3/c1-6(2)16-11-7(4-10(14)15)3-8(12)5-9(11)13/h3,5-6H,4H2,1-2H3,(H,14,15). The van der Waals surface area contributed by atoms with Crippen molar-refractivity contribution in [2.24, 2.45) is 0 Å². The van der Waals surface area contributed by atoms with Crippen molar-refractivity contribution >= 4 is 29.2 Å². The fraction of sp³-hybridized carbons (Fsp3) is 0.364. The second-order valence-corrected chi connectivity index (χ2v) is 4.46. The molecular formula is C11H12Cl2O3. The summed E-state index contributed by atoms with van der Waals surface area (Å²) in [5.74, 6) is -0.560. The summed E-state index contributed by atoms with van der Waals surface area (Å²) < 4.78 is 5.48. The van der Waals surface area contributed by atoms with Crippen molar-refractivity contribution < 1.29 is 14.6 Å². The van der Waals surface area contributed by atoms with E-state index in [1.807, 2.05) is 13.8 Å². The minimum atomic E-state index is -0.952. The third-order valence-electron chi connectivity index (χ3n) is 1.78. The number of ether oxygens (including phenoxy) is 1. The molecule has 0 heterocycles. The van der Waals surface area contributed by atoms with Gasteiger partial charge in [-0.2, -0.15) is 0 Å². The van der Waals surface area contributed by atoms with Gasteiger partial charge in [-0.25, -0.2) is 0 Å². The highest BCUT2D eigenvalue weighted by molar-refractivity contribution is 6.35. The van der Waals surface area contributed by atoms with Crippen LogP contribution in [-0.2, 0) is 11.2 Å². The predicted octanol–water partition coefficient (Wildman–Crippen LogP) is 3.41. The summed E-state index contributed by atoms with van der Waals surface area (Å²) in [4.78, 5) is 10.7. The van der Waals surface area contributed by atoms with E-state index in [0.29, 0.717) is 21.4 Å². The van der Waals surface area contributed by atoms with Gasteiger partial charge >= 0.3 is 5.97 Å². The van der Waals surface area contributed by atoms with Crippen LogP contribution < -0.4 is 4.74 Å². The molecule has 0 saturated heterocycles. The highest BCUT2D eigenvalue weighted by atomic mass is 35.5. The maximum absolute atomic E-state index is 10.7. The van der Waals surface area contributed by atoms with Crippen LogP contribution in [0.5, 0.6) is 5.75 Å². The lowest BCUT2D eigenvalue weighted by Gasteiger charge is -2.15. The number of hydrogen-bond donors (Lipinski definition) is 1. The molecule has 0 saturated carbocycles. The molecule has 1 aromatic rings. The zero-order chi connectivity index (χ0) is 12.3. The van der Waals surface area contributed by atoms with Crippen LogP contribution in [0.15, 0.2) is 12.1 Å². The van der Waals surface area contributed by atoms with Crippen molar-refractivity contribution in [2.75, 3.05) is 0 Å². The maximum atomic E-state index is 10.7. The number of benzene rings is 1. The Labute approximate surface area is 104 Å². The minimum absolute atomic E-state index is 0.0776. The largest absolute Gasteiger partial charge is 0.489 e. The third-order valence-corrected chi connectivity index (χ3v) is 2.28. The lowest BCUT2D eigenvalue weighted by atomic mass is 10.1. The van der Waals surface area contributed by atoms with Crippen molar-refractivity contribution in [1.29, 1.82) is 0 Å². The molecule has 5 heteroatoms. The molecule has 0 amide bonds. The van der Waals surface area contributed by atoms with Gasteiger partial charge in [-0.3, -0.25) is 4.79 Å². The van der Waals surface area contributed by atoms with Gasteiger partial charge < -0.3 is 9.84 Å². The second-order valence-electron chi connectivity index (χ2n) is 3.61. The van der Waals surface area contributed by atoms with E-state index in [4.69, 9.17) is 33.0 Å². The van der Waals surface area contributed by atoms with Gasteiger partial charge in [0.25, 0.3) is 0 Å². The molecule has 0 atom stereocenters. The smallest absolute Gasteiger partial charge is 0.307 e. The molecule has 0 fully saturated rings. The first-order valence-corrected chi connectivity index (χ1v) is 5.52. The molecule has 0 bridgehead atoms. The molecule has 0 aromatic heterocycles. The molecule has 0 aliphatic heterocycles. The number of aliphatic carboxylic acids is 1. The number of hydrogen-bond acceptors (Lipinski definition) is 2. The first kappa shape index (κ1) is 13.1. The lowest BCUT2D eigenvalue weighted by Crippen LogP contribution is -2.10. The highest BCUT2D eigenvalue weighted by Gasteiger charge is 2.14. The number of carboxylic acids is 1. The van der Waals surface area contributed by atoms with Gasteiger partial charge in [-0.15, -0.1) is 0 Å². The first-order valence-electron chi connectivity index (χ1n) is 4.76. The number of carboxylic acid groups (broad SMARTS) is 1. The Bertz CT molecular complexity index is 402. The summed E-state index contributed by atoms with van der Waals surface area (Å²) in [7, 11) is 0. The van der Waals surface area contributed by atoms with Crippen LogP contribution in [0, 0.1) is 0 Å². The number of halogens is 2. The van der Waals surface area contributed by atoms with Crippen LogP contribution in [0.2, 0.25) is 10.0 Å². The van der Waals surface area contributed by atoms with Gasteiger partial charge in [-0.05, 0) is 26.0 Å². The van der Waals surface area contributed by atoms with E-state index in [0.717, 1.165) is 0 Å². The number of rotatable bonds is 4. The average molecular weight is 263 g/mol. The van der Waals surface area contributed by atoms with Gasteiger partial charge in [0.1, 0.15) is 5.75 Å². The summed E-state index contributed by atoms with van der Waals surface area (Å²) in [5.41, 5.74) is 0.485. The molecule has 1 N–H and O–H groups in total. The topological polar surface area (TPSA) is 46.5 Å². The molecule has 1 rings (SSSR count). The van der Waals surface area contributed by atoms with Crippen molar-refractivity contribution in [3.63, 3.8) is 0 Å². The monoisotopic (exact) mass is 262 g/mol. The van der Waals surface area contributed by atoms with Crippen LogP contribution in [0.3, 0.4) is 0 Å². The van der Waals surface area contributed by atoms with Crippen LogP contribution in [-0.4, -0.2) is 17.2 Å². The van der Waals surface area contributed by atoms with Gasteiger partial charge in [0.05, 0.1) is 17.5 Å². The molecule has 0 aliphatic carbocycles. The Morgan fingerprint density at radius 3 is 2.56 bits per heavy atom. The molecule has 0 radical (unpaired) electrons. The quantitative estimate of drug-likeness (QED) is 0.905. The van der Waals surface area contributed by atoms with E-state index < -0.39 is 5.97 Å². The molecule has 0 unspecified atom stereocenters. The average Bonchev–Trinajstić information content (AvgIpc) is 2.09. The fourth-order valence-corrected chi connectivity index (χ4v) is 1.86. The third kappa shape index (κ3) is 3.58. The van der Waals surface area contributed by atoms with E-state index in [-0.39, 0.29) is 12.5 Å². The first-order chi connectivity index (χ1) is 7.40. The van der Waals surface area contributed by atoms with Crippen molar-refractivity contribution in [3.8, 4) is 5.75 Å². The second kappa shape index (κ2) is 5.41. The predicted molar refractivity (Wildman–Crippen MR) is 63.6 cm³/mol. The van der Waals surface area contributed by atoms with Crippen molar-refractivity contribution in [2.45, 2.75) is 26.4 Å². The highest BCUT2D eigenvalue weighted by Crippen LogP contribution is 2.33.